The Hall–Kier alpha value is -1.43. The van der Waals surface area contributed by atoms with E-state index < -0.39 is 5.92 Å². The Kier molecular flexibility index (Phi) is 3.48. The zero-order valence-electron chi connectivity index (χ0n) is 13.6. The van der Waals surface area contributed by atoms with Gasteiger partial charge in [0.25, 0.3) is 0 Å². The van der Waals surface area contributed by atoms with E-state index in [1.807, 2.05) is 30.3 Å². The zero-order chi connectivity index (χ0) is 16.2. The molecule has 4 rings (SSSR count). The number of aliphatic hydroxyl groups excluding tert-OH is 1. The van der Waals surface area contributed by atoms with Crippen LogP contribution >= 0.6 is 0 Å². The number of hydrogen-bond acceptors (Lipinski definition) is 4. The van der Waals surface area contributed by atoms with Gasteiger partial charge in [-0.2, -0.15) is 0 Å². The first-order chi connectivity index (χ1) is 11.0. The summed E-state index contributed by atoms with van der Waals surface area (Å²) in [7, 11) is 4.51. The number of rotatable bonds is 4. The van der Waals surface area contributed by atoms with E-state index >= 15 is 0 Å². The molecule has 5 nitrogen and oxygen atoms in total. The summed E-state index contributed by atoms with van der Waals surface area (Å²) < 4.78 is 12.5. The molecule has 3 aliphatic rings. The molecule has 0 saturated carbocycles. The van der Waals surface area contributed by atoms with E-state index in [0.29, 0.717) is 24.3 Å². The van der Waals surface area contributed by atoms with Crippen molar-refractivity contribution < 1.29 is 23.9 Å². The number of piperidine rings is 1. The third-order valence-corrected chi connectivity index (χ3v) is 5.99. The maximum Gasteiger partial charge on any atom is 0.316 e. The van der Waals surface area contributed by atoms with Crippen LogP contribution in [0, 0.1) is 0 Å². The number of fused-ring (bicyclic) bond motifs is 5. The number of quaternary nitrogens is 1. The van der Waals surface area contributed by atoms with Gasteiger partial charge in [-0.15, -0.1) is 0 Å². The molecule has 1 aromatic carbocycles. The van der Waals surface area contributed by atoms with Gasteiger partial charge in [-0.1, -0.05) is 30.3 Å². The molecular weight excluding hydrogens is 294 g/mol. The van der Waals surface area contributed by atoms with Gasteiger partial charge in [-0.3, -0.25) is 4.79 Å². The van der Waals surface area contributed by atoms with Crippen LogP contribution in [0.2, 0.25) is 0 Å². The molecule has 1 aromatic rings. The van der Waals surface area contributed by atoms with Gasteiger partial charge in [-0.05, 0) is 5.56 Å². The van der Waals surface area contributed by atoms with Gasteiger partial charge in [0.2, 0.25) is 0 Å². The van der Waals surface area contributed by atoms with E-state index in [-0.39, 0.29) is 18.7 Å². The number of carbonyl (C=O) groups excluding carboxylic acids is 1. The average Bonchev–Trinajstić information content (AvgIpc) is 3.27. The van der Waals surface area contributed by atoms with Gasteiger partial charge in [-0.25, -0.2) is 0 Å². The molecule has 0 aliphatic carbocycles. The molecule has 124 valence electrons. The van der Waals surface area contributed by atoms with E-state index in [0.717, 1.165) is 22.9 Å². The van der Waals surface area contributed by atoms with Gasteiger partial charge in [0.1, 0.15) is 36.3 Å². The van der Waals surface area contributed by atoms with Crippen molar-refractivity contribution in [3.05, 3.63) is 35.9 Å². The lowest BCUT2D eigenvalue weighted by Gasteiger charge is -2.45. The molecule has 0 spiro atoms. The number of likely N-dealkylation sites (N-methyl/N-ethyl adjacent to an activating group) is 1. The van der Waals surface area contributed by atoms with E-state index in [4.69, 9.17) is 9.47 Å². The van der Waals surface area contributed by atoms with Crippen molar-refractivity contribution in [1.29, 1.82) is 0 Å². The van der Waals surface area contributed by atoms with Crippen molar-refractivity contribution in [1.82, 2.24) is 0 Å². The molecule has 3 aliphatic heterocycles. The number of nitrogens with zero attached hydrogens (tertiary/aromatic N) is 1. The van der Waals surface area contributed by atoms with Crippen molar-refractivity contribution in [2.24, 2.45) is 0 Å². The third kappa shape index (κ3) is 2.38. The SMILES string of the molecule is C[N+]1(C)[C@H]2CC(OC(=O)C(CO)c3ccccc3)C[C@H]1[C@H]1O[C@H]12. The van der Waals surface area contributed by atoms with Crippen molar-refractivity contribution in [3.8, 4) is 0 Å². The zero-order valence-corrected chi connectivity index (χ0v) is 13.6. The summed E-state index contributed by atoms with van der Waals surface area (Å²) in [6, 6.07) is 10.2. The Bertz CT molecular complexity index is 582. The second-order valence-corrected chi connectivity index (χ2v) is 7.51. The minimum atomic E-state index is -0.593. The monoisotopic (exact) mass is 318 g/mol. The maximum absolute atomic E-state index is 12.5. The second-order valence-electron chi connectivity index (χ2n) is 7.51. The average molecular weight is 318 g/mol. The summed E-state index contributed by atoms with van der Waals surface area (Å²) in [6.07, 6.45) is 2.34. The van der Waals surface area contributed by atoms with Crippen molar-refractivity contribution in [2.45, 2.75) is 49.2 Å². The van der Waals surface area contributed by atoms with E-state index in [1.54, 1.807) is 0 Å². The van der Waals surface area contributed by atoms with Crippen molar-refractivity contribution >= 4 is 5.97 Å². The van der Waals surface area contributed by atoms with Crippen LogP contribution in [0.15, 0.2) is 30.3 Å². The van der Waals surface area contributed by atoms with E-state index in [9.17, 15) is 9.90 Å². The summed E-state index contributed by atoms with van der Waals surface area (Å²) >= 11 is 0. The van der Waals surface area contributed by atoms with E-state index in [1.165, 1.54) is 0 Å². The molecule has 0 radical (unpaired) electrons. The molecule has 5 heteroatoms. The smallest absolute Gasteiger partial charge is 0.316 e. The van der Waals surface area contributed by atoms with Crippen LogP contribution in [0.5, 0.6) is 0 Å². The lowest BCUT2D eigenvalue weighted by Crippen LogP contribution is -2.60. The van der Waals surface area contributed by atoms with Crippen LogP contribution in [-0.4, -0.2) is 66.7 Å². The Labute approximate surface area is 136 Å². The summed E-state index contributed by atoms with van der Waals surface area (Å²) in [5.74, 6) is -0.908. The fraction of sp³-hybridized carbons (Fsp3) is 0.611. The van der Waals surface area contributed by atoms with Crippen LogP contribution in [0.25, 0.3) is 0 Å². The number of epoxide rings is 1. The minimum Gasteiger partial charge on any atom is -0.461 e. The molecule has 2 unspecified atom stereocenters. The number of aliphatic hydroxyl groups is 1. The number of hydrogen-bond donors (Lipinski definition) is 1. The molecule has 2 bridgehead atoms. The quantitative estimate of drug-likeness (QED) is 0.512. The van der Waals surface area contributed by atoms with Gasteiger partial charge in [0.15, 0.2) is 0 Å². The first-order valence-corrected chi connectivity index (χ1v) is 8.37. The van der Waals surface area contributed by atoms with Gasteiger partial charge >= 0.3 is 5.97 Å². The number of benzene rings is 1. The van der Waals surface area contributed by atoms with Crippen LogP contribution < -0.4 is 0 Å². The standard InChI is InChI=1S/C18H24NO4/c1-19(2)14-8-12(9-15(19)17-16(14)23-17)22-18(21)13(10-20)11-6-4-3-5-7-11/h3-7,12-17,20H,8-10H2,1-2H3/q+1/t12?,13?,14-,15-,16-,17+/m0/s1. The topological polar surface area (TPSA) is 59.1 Å². The Morgan fingerprint density at radius 3 is 2.43 bits per heavy atom. The highest BCUT2D eigenvalue weighted by molar-refractivity contribution is 5.78. The molecule has 0 amide bonds. The van der Waals surface area contributed by atoms with Gasteiger partial charge in [0, 0.05) is 12.8 Å². The van der Waals surface area contributed by atoms with Crippen molar-refractivity contribution in [2.75, 3.05) is 20.7 Å². The molecule has 3 fully saturated rings. The lowest BCUT2D eigenvalue weighted by molar-refractivity contribution is -0.938. The maximum atomic E-state index is 12.5. The largest absolute Gasteiger partial charge is 0.461 e. The third-order valence-electron chi connectivity index (χ3n) is 5.99. The highest BCUT2D eigenvalue weighted by atomic mass is 16.6. The minimum absolute atomic E-state index is 0.0576. The molecular formula is C18H24NO4+. The van der Waals surface area contributed by atoms with Crippen molar-refractivity contribution in [3.63, 3.8) is 0 Å². The first kappa shape index (κ1) is 15.1. The van der Waals surface area contributed by atoms with Crippen LogP contribution in [-0.2, 0) is 14.3 Å². The Morgan fingerprint density at radius 1 is 1.26 bits per heavy atom. The Morgan fingerprint density at radius 2 is 1.87 bits per heavy atom. The van der Waals surface area contributed by atoms with E-state index in [2.05, 4.69) is 14.1 Å². The molecule has 0 aromatic heterocycles. The predicted octanol–water partition coefficient (Wildman–Crippen LogP) is 1.06. The molecule has 1 N–H and O–H groups in total. The number of esters is 1. The molecule has 3 heterocycles. The summed E-state index contributed by atoms with van der Waals surface area (Å²) in [4.78, 5) is 12.5. The highest BCUT2D eigenvalue weighted by Crippen LogP contribution is 2.51. The second kappa shape index (κ2) is 5.30. The molecule has 23 heavy (non-hydrogen) atoms. The number of carbonyl (C=O) groups is 1. The molecule has 3 saturated heterocycles. The van der Waals surface area contributed by atoms with Gasteiger partial charge in [0.05, 0.1) is 20.7 Å². The fourth-order valence-electron chi connectivity index (χ4n) is 4.55. The predicted molar refractivity (Wildman–Crippen MR) is 83.7 cm³/mol. The molecule has 6 atom stereocenters. The highest BCUT2D eigenvalue weighted by Gasteiger charge is 2.70. The number of morpholine rings is 1. The lowest BCUT2D eigenvalue weighted by atomic mass is 9.95. The number of ether oxygens (including phenoxy) is 2. The fourth-order valence-corrected chi connectivity index (χ4v) is 4.55. The summed E-state index contributed by atoms with van der Waals surface area (Å²) in [5, 5.41) is 9.60. The normalized spacial score (nSPS) is 37.8. The van der Waals surface area contributed by atoms with Crippen LogP contribution in [0.1, 0.15) is 24.3 Å². The van der Waals surface area contributed by atoms with Crippen LogP contribution in [0.3, 0.4) is 0 Å². The van der Waals surface area contributed by atoms with Gasteiger partial charge < -0.3 is 19.1 Å². The summed E-state index contributed by atoms with van der Waals surface area (Å²) in [6.45, 7) is -0.224. The Balaban J connectivity index is 1.44. The summed E-state index contributed by atoms with van der Waals surface area (Å²) in [5.41, 5.74) is 0.807. The van der Waals surface area contributed by atoms with Crippen LogP contribution in [0.4, 0.5) is 0 Å². The first-order valence-electron chi connectivity index (χ1n) is 8.37.